The summed E-state index contributed by atoms with van der Waals surface area (Å²) in [5.74, 6) is 0. The fraction of sp³-hybridized carbons (Fsp3) is 0.273. The molecule has 0 saturated carbocycles. The Bertz CT molecular complexity index is 2030. The number of para-hydroxylation sites is 1. The van der Waals surface area contributed by atoms with Gasteiger partial charge < -0.3 is 14.2 Å². The van der Waals surface area contributed by atoms with Crippen LogP contribution in [0, 0.1) is 0 Å². The third kappa shape index (κ3) is 6.82. The molecule has 0 bridgehead atoms. The lowest BCUT2D eigenvalue weighted by atomic mass is 9.86. The summed E-state index contributed by atoms with van der Waals surface area (Å²) in [5.41, 5.74) is 11.3. The summed E-state index contributed by atoms with van der Waals surface area (Å²) in [4.78, 5) is 4.65. The maximum absolute atomic E-state index is 6.10. The lowest BCUT2D eigenvalue weighted by Gasteiger charge is -2.31. The predicted molar refractivity (Wildman–Crippen MR) is 209 cm³/mol. The van der Waals surface area contributed by atoms with E-state index in [9.17, 15) is 0 Å². The third-order valence-corrected chi connectivity index (χ3v) is 9.72. The Labute approximate surface area is 295 Å². The Balaban J connectivity index is 1.54. The number of nitrogens with zero attached hydrogens (tertiary/aromatic N) is 2. The molecule has 0 aliphatic heterocycles. The molecule has 6 rings (SSSR count). The van der Waals surface area contributed by atoms with E-state index < -0.39 is 0 Å². The minimum Gasteiger partial charge on any atom is -0.462 e. The van der Waals surface area contributed by atoms with Crippen LogP contribution in [0.3, 0.4) is 0 Å². The number of benzene rings is 5. The second kappa shape index (κ2) is 12.6. The highest BCUT2D eigenvalue weighted by molar-refractivity contribution is 9.10. The van der Waals surface area contributed by atoms with Crippen LogP contribution in [0.5, 0.6) is 0 Å². The van der Waals surface area contributed by atoms with Crippen LogP contribution in [-0.4, -0.2) is 0 Å². The topological polar surface area (TPSA) is 19.6 Å². The van der Waals surface area contributed by atoms with Crippen molar-refractivity contribution in [1.29, 1.82) is 0 Å². The zero-order valence-corrected chi connectivity index (χ0v) is 31.3. The van der Waals surface area contributed by atoms with Crippen molar-refractivity contribution in [3.8, 4) is 0 Å². The van der Waals surface area contributed by atoms with E-state index in [0.29, 0.717) is 0 Å². The average Bonchev–Trinajstić information content (AvgIpc) is 3.45. The number of halogens is 1. The number of fused-ring (bicyclic) bond motifs is 1. The van der Waals surface area contributed by atoms with E-state index in [2.05, 4.69) is 191 Å². The van der Waals surface area contributed by atoms with E-state index in [-0.39, 0.29) is 16.2 Å². The lowest BCUT2D eigenvalue weighted by molar-refractivity contribution is 0.590. The van der Waals surface area contributed by atoms with Crippen LogP contribution in [0.1, 0.15) is 79.0 Å². The van der Waals surface area contributed by atoms with Crippen LogP contribution in [0.2, 0.25) is 0 Å². The van der Waals surface area contributed by atoms with Gasteiger partial charge in [0.05, 0.1) is 11.4 Å². The van der Waals surface area contributed by atoms with Crippen LogP contribution >= 0.6 is 15.9 Å². The van der Waals surface area contributed by atoms with Crippen molar-refractivity contribution in [1.82, 2.24) is 0 Å². The molecule has 0 spiro atoms. The lowest BCUT2D eigenvalue weighted by Crippen LogP contribution is -2.16. The van der Waals surface area contributed by atoms with Crippen LogP contribution < -0.4 is 9.80 Å². The summed E-state index contributed by atoms with van der Waals surface area (Å²) in [7, 11) is 0. The molecule has 48 heavy (non-hydrogen) atoms. The first-order valence-corrected chi connectivity index (χ1v) is 17.6. The third-order valence-electron chi connectivity index (χ3n) is 9.09. The van der Waals surface area contributed by atoms with Crippen molar-refractivity contribution in [2.75, 3.05) is 9.80 Å². The minimum atomic E-state index is 0.0383. The molecule has 1 heterocycles. The first kappa shape index (κ1) is 33.6. The van der Waals surface area contributed by atoms with Gasteiger partial charge in [-0.25, -0.2) is 0 Å². The van der Waals surface area contributed by atoms with Crippen LogP contribution in [0.15, 0.2) is 130 Å². The molecule has 6 aromatic rings. The second-order valence-corrected chi connectivity index (χ2v) is 16.7. The molecule has 0 radical (unpaired) electrons. The first-order chi connectivity index (χ1) is 22.6. The molecule has 1 aromatic heterocycles. The van der Waals surface area contributed by atoms with Crippen LogP contribution in [-0.2, 0) is 16.2 Å². The second-order valence-electron chi connectivity index (χ2n) is 15.8. The van der Waals surface area contributed by atoms with Crippen molar-refractivity contribution in [2.45, 2.75) is 78.6 Å². The maximum Gasteiger partial charge on any atom is 0.136 e. The zero-order chi connectivity index (χ0) is 34.4. The maximum atomic E-state index is 6.10. The van der Waals surface area contributed by atoms with Gasteiger partial charge in [0.1, 0.15) is 11.8 Å². The van der Waals surface area contributed by atoms with Gasteiger partial charge in [0, 0.05) is 32.6 Å². The summed E-state index contributed by atoms with van der Waals surface area (Å²) in [6, 6.07) is 41.7. The smallest absolute Gasteiger partial charge is 0.136 e. The highest BCUT2D eigenvalue weighted by Gasteiger charge is 2.24. The summed E-state index contributed by atoms with van der Waals surface area (Å²) < 4.78 is 7.15. The molecule has 5 aromatic carbocycles. The standard InChI is InChI=1S/C44H47BrN2O/c1-42(2,3)30-17-22-33(23-18-30)46(39-26-21-32(27-38(39)45)44(7,8)9)35-13-12-14-36(28-35)47(34-24-19-31(20-25-34)43(4,5)6)40-29-48-41-16-11-10-15-37(40)41/h10-29H,1-9H3. The Morgan fingerprint density at radius 1 is 0.458 bits per heavy atom. The summed E-state index contributed by atoms with van der Waals surface area (Å²) >= 11 is 3.98. The highest BCUT2D eigenvalue weighted by atomic mass is 79.9. The van der Waals surface area contributed by atoms with E-state index in [1.807, 2.05) is 18.4 Å². The van der Waals surface area contributed by atoms with Crippen LogP contribution in [0.25, 0.3) is 11.0 Å². The quantitative estimate of drug-likeness (QED) is 0.173. The Morgan fingerprint density at radius 2 is 0.938 bits per heavy atom. The van der Waals surface area contributed by atoms with E-state index in [0.717, 1.165) is 49.6 Å². The van der Waals surface area contributed by atoms with Gasteiger partial charge in [0.15, 0.2) is 0 Å². The molecule has 0 fully saturated rings. The number of hydrogen-bond acceptors (Lipinski definition) is 3. The summed E-state index contributed by atoms with van der Waals surface area (Å²) in [5, 5.41) is 1.07. The molecule has 0 aliphatic carbocycles. The number of rotatable bonds is 6. The van der Waals surface area contributed by atoms with Crippen molar-refractivity contribution >= 4 is 61.0 Å². The molecule has 0 aliphatic rings. The van der Waals surface area contributed by atoms with Gasteiger partial charge in [-0.15, -0.1) is 0 Å². The molecule has 0 atom stereocenters. The first-order valence-electron chi connectivity index (χ1n) is 16.8. The van der Waals surface area contributed by atoms with Crippen LogP contribution in [0.4, 0.5) is 34.1 Å². The molecule has 0 N–H and O–H groups in total. The Hall–Kier alpha value is -4.28. The Morgan fingerprint density at radius 3 is 1.44 bits per heavy atom. The zero-order valence-electron chi connectivity index (χ0n) is 29.7. The fourth-order valence-electron chi connectivity index (χ4n) is 6.14. The van der Waals surface area contributed by atoms with Gasteiger partial charge in [0.2, 0.25) is 0 Å². The van der Waals surface area contributed by atoms with E-state index >= 15 is 0 Å². The van der Waals surface area contributed by atoms with E-state index in [1.54, 1.807) is 0 Å². The van der Waals surface area contributed by atoms with Gasteiger partial charge >= 0.3 is 0 Å². The van der Waals surface area contributed by atoms with Crippen molar-refractivity contribution in [3.63, 3.8) is 0 Å². The minimum absolute atomic E-state index is 0.0383. The normalized spacial score (nSPS) is 12.4. The van der Waals surface area contributed by atoms with E-state index in [4.69, 9.17) is 4.42 Å². The summed E-state index contributed by atoms with van der Waals surface area (Å²) in [6.45, 7) is 20.3. The Kier molecular flexibility index (Phi) is 8.85. The fourth-order valence-corrected chi connectivity index (χ4v) is 6.69. The highest BCUT2D eigenvalue weighted by Crippen LogP contribution is 2.45. The largest absolute Gasteiger partial charge is 0.462 e. The van der Waals surface area contributed by atoms with Gasteiger partial charge in [-0.1, -0.05) is 111 Å². The van der Waals surface area contributed by atoms with Gasteiger partial charge in [-0.05, 0) is 116 Å². The number of hydrogen-bond donors (Lipinski definition) is 0. The molecular formula is C44H47BrN2O. The van der Waals surface area contributed by atoms with Crippen molar-refractivity contribution in [2.24, 2.45) is 0 Å². The molecule has 246 valence electrons. The summed E-state index contributed by atoms with van der Waals surface area (Å²) in [6.07, 6.45) is 1.87. The predicted octanol–water partition coefficient (Wildman–Crippen LogP) is 14.0. The van der Waals surface area contributed by atoms with Gasteiger partial charge in [-0.2, -0.15) is 0 Å². The number of furan rings is 1. The molecule has 0 unspecified atom stereocenters. The molecular weight excluding hydrogens is 652 g/mol. The molecule has 4 heteroatoms. The van der Waals surface area contributed by atoms with E-state index in [1.165, 1.54) is 16.7 Å². The monoisotopic (exact) mass is 698 g/mol. The molecule has 3 nitrogen and oxygen atoms in total. The van der Waals surface area contributed by atoms with Crippen molar-refractivity contribution < 1.29 is 4.42 Å². The van der Waals surface area contributed by atoms with Crippen molar-refractivity contribution in [3.05, 3.63) is 143 Å². The molecule has 0 amide bonds. The molecule has 0 saturated heterocycles. The SMILES string of the molecule is CC(C)(C)c1ccc(N(c2cccc(N(c3ccc(C(C)(C)C)cc3)c3coc4ccccc34)c2)c2ccc(C(C)(C)C)cc2Br)cc1. The number of anilines is 6. The van der Waals surface area contributed by atoms with Gasteiger partial charge in [0.25, 0.3) is 0 Å². The van der Waals surface area contributed by atoms with Gasteiger partial charge in [-0.3, -0.25) is 0 Å². The average molecular weight is 700 g/mol.